The highest BCUT2D eigenvalue weighted by Crippen LogP contribution is 2.72. The molecule has 0 radical (unpaired) electrons. The lowest BCUT2D eigenvalue weighted by atomic mass is 9.37. The number of alkyl halides is 1. The molecule has 1 saturated heterocycles. The predicted molar refractivity (Wildman–Crippen MR) is 194 cm³/mol. The summed E-state index contributed by atoms with van der Waals surface area (Å²) >= 11 is 0. The van der Waals surface area contributed by atoms with Gasteiger partial charge in [-0.15, -0.1) is 0 Å². The van der Waals surface area contributed by atoms with Gasteiger partial charge in [-0.2, -0.15) is 0 Å². The van der Waals surface area contributed by atoms with Gasteiger partial charge in [0.1, 0.15) is 6.04 Å². The van der Waals surface area contributed by atoms with E-state index in [0.717, 1.165) is 56.0 Å². The second kappa shape index (κ2) is 13.5. The summed E-state index contributed by atoms with van der Waals surface area (Å²) in [6, 6.07) is -0.371. The standard InChI is InChI=1S/C41H65FN2O3S/c1-6-47-37(45)34-27-48(46)25-24-44(34)23-22-43-41-18-7-8-33(41)30-13-14-36-39(4,32(30)16-21-41)20-17-35-38(2,3)31(15-19-40(35,36)5)29-11-9-28(26-42)10-12-29/h11,15,28,30,32-36,43H,6-10,12-14,16-27H2,1-5H3/t28?,30-,32?,33?,34?,35?,36?,39?,40?,41-,48?/m0/s1. The fraction of sp³-hybridized carbons (Fsp3) is 0.878. The van der Waals surface area contributed by atoms with Crippen molar-refractivity contribution >= 4 is 16.8 Å². The van der Waals surface area contributed by atoms with Crippen LogP contribution < -0.4 is 5.32 Å². The third-order valence-electron chi connectivity index (χ3n) is 16.0. The minimum atomic E-state index is -0.938. The molecule has 5 fully saturated rings. The molecule has 270 valence electrons. The summed E-state index contributed by atoms with van der Waals surface area (Å²) in [6.45, 7) is 15.0. The number of carbonyl (C=O) groups excluding carboxylic acids is 1. The molecule has 1 aliphatic heterocycles. The van der Waals surface area contributed by atoms with Crippen molar-refractivity contribution in [1.29, 1.82) is 0 Å². The van der Waals surface area contributed by atoms with Gasteiger partial charge in [-0.3, -0.25) is 18.3 Å². The van der Waals surface area contributed by atoms with Crippen LogP contribution in [0.4, 0.5) is 4.39 Å². The van der Waals surface area contributed by atoms with Crippen LogP contribution in [-0.4, -0.2) is 71.1 Å². The van der Waals surface area contributed by atoms with E-state index in [1.165, 1.54) is 69.8 Å². The molecule has 4 saturated carbocycles. The van der Waals surface area contributed by atoms with Crippen LogP contribution in [0.1, 0.15) is 118 Å². The number of hydrogen-bond acceptors (Lipinski definition) is 5. The first kappa shape index (κ1) is 35.4. The first-order valence-electron chi connectivity index (χ1n) is 19.9. The normalized spacial score (nSPS) is 45.5. The average Bonchev–Trinajstić information content (AvgIpc) is 3.50. The van der Waals surface area contributed by atoms with Gasteiger partial charge in [0.2, 0.25) is 0 Å². The molecule has 6 aliphatic carbocycles. The number of rotatable bonds is 8. The molecule has 0 spiro atoms. The Hall–Kier alpha value is -1.05. The molecule has 1 N–H and O–H groups in total. The van der Waals surface area contributed by atoms with Gasteiger partial charge in [0, 0.05) is 47.5 Å². The fourth-order valence-corrected chi connectivity index (χ4v) is 15.2. The van der Waals surface area contributed by atoms with E-state index in [2.05, 4.69) is 50.1 Å². The Morgan fingerprint density at radius 3 is 2.58 bits per heavy atom. The highest BCUT2D eigenvalue weighted by molar-refractivity contribution is 7.85. The molecule has 1 heterocycles. The minimum Gasteiger partial charge on any atom is -0.465 e. The van der Waals surface area contributed by atoms with E-state index >= 15 is 0 Å². The molecule has 0 aromatic rings. The van der Waals surface area contributed by atoms with Gasteiger partial charge in [-0.1, -0.05) is 46.3 Å². The molecule has 7 heteroatoms. The molecule has 5 nitrogen and oxygen atoms in total. The van der Waals surface area contributed by atoms with E-state index in [-0.39, 0.29) is 35.6 Å². The van der Waals surface area contributed by atoms with Crippen LogP contribution in [0.5, 0.6) is 0 Å². The van der Waals surface area contributed by atoms with Crippen LogP contribution in [0, 0.1) is 51.8 Å². The van der Waals surface area contributed by atoms with Gasteiger partial charge in [0.05, 0.1) is 13.3 Å². The molecule has 11 atom stereocenters. The Kier molecular flexibility index (Phi) is 9.94. The zero-order valence-corrected chi connectivity index (χ0v) is 31.6. The molecule has 0 aromatic heterocycles. The van der Waals surface area contributed by atoms with Gasteiger partial charge >= 0.3 is 5.97 Å². The van der Waals surface area contributed by atoms with Crippen LogP contribution in [0.25, 0.3) is 0 Å². The maximum Gasteiger partial charge on any atom is 0.324 e. The van der Waals surface area contributed by atoms with E-state index in [1.807, 2.05) is 6.92 Å². The zero-order chi connectivity index (χ0) is 33.9. The maximum absolute atomic E-state index is 13.4. The number of allylic oxidation sites excluding steroid dienone is 4. The number of fused-ring (bicyclic) bond motifs is 7. The van der Waals surface area contributed by atoms with Gasteiger partial charge in [0.25, 0.3) is 0 Å². The van der Waals surface area contributed by atoms with Crippen LogP contribution in [-0.2, 0) is 20.3 Å². The van der Waals surface area contributed by atoms with Gasteiger partial charge < -0.3 is 10.1 Å². The summed E-state index contributed by atoms with van der Waals surface area (Å²) in [5, 5.41) is 4.17. The number of esters is 1. The Balaban J connectivity index is 1.05. The molecule has 9 unspecified atom stereocenters. The molecule has 0 amide bonds. The monoisotopic (exact) mass is 684 g/mol. The van der Waals surface area contributed by atoms with E-state index < -0.39 is 10.8 Å². The first-order chi connectivity index (χ1) is 23.0. The van der Waals surface area contributed by atoms with Crippen LogP contribution in [0.2, 0.25) is 0 Å². The van der Waals surface area contributed by atoms with Crippen molar-refractivity contribution in [3.05, 3.63) is 23.3 Å². The molecule has 7 aliphatic rings. The minimum absolute atomic E-state index is 0.173. The van der Waals surface area contributed by atoms with Crippen LogP contribution >= 0.6 is 0 Å². The maximum atomic E-state index is 13.4. The number of nitrogens with zero attached hydrogens (tertiary/aromatic N) is 1. The Morgan fingerprint density at radius 2 is 1.83 bits per heavy atom. The number of ether oxygens (including phenoxy) is 1. The quantitative estimate of drug-likeness (QED) is 0.263. The van der Waals surface area contributed by atoms with E-state index in [4.69, 9.17) is 4.74 Å². The van der Waals surface area contributed by atoms with Crippen molar-refractivity contribution in [2.24, 2.45) is 51.8 Å². The van der Waals surface area contributed by atoms with Crippen LogP contribution in [0.15, 0.2) is 23.3 Å². The molecule has 7 rings (SSSR count). The Labute approximate surface area is 293 Å². The van der Waals surface area contributed by atoms with Crippen molar-refractivity contribution in [2.45, 2.75) is 130 Å². The number of halogens is 1. The topological polar surface area (TPSA) is 58.6 Å². The lowest BCUT2D eigenvalue weighted by molar-refractivity contribution is -0.175. The fourth-order valence-electron chi connectivity index (χ4n) is 13.9. The molecule has 48 heavy (non-hydrogen) atoms. The van der Waals surface area contributed by atoms with Gasteiger partial charge in [-0.25, -0.2) is 0 Å². The summed E-state index contributed by atoms with van der Waals surface area (Å²) in [7, 11) is -0.938. The smallest absolute Gasteiger partial charge is 0.324 e. The summed E-state index contributed by atoms with van der Waals surface area (Å²) in [5.41, 5.74) is 4.31. The van der Waals surface area contributed by atoms with Gasteiger partial charge in [0.15, 0.2) is 0 Å². The number of nitrogens with one attached hydrogen (secondary N) is 1. The van der Waals surface area contributed by atoms with E-state index in [0.29, 0.717) is 41.4 Å². The largest absolute Gasteiger partial charge is 0.465 e. The number of hydrogen-bond donors (Lipinski definition) is 1. The predicted octanol–water partition coefficient (Wildman–Crippen LogP) is 8.02. The molecule has 0 aromatic carbocycles. The average molecular weight is 685 g/mol. The highest BCUT2D eigenvalue weighted by atomic mass is 32.2. The van der Waals surface area contributed by atoms with Gasteiger partial charge in [-0.05, 0) is 147 Å². The summed E-state index contributed by atoms with van der Waals surface area (Å²) in [6.07, 6.45) is 21.4. The highest BCUT2D eigenvalue weighted by Gasteiger charge is 2.65. The SMILES string of the molecule is CCOC(=O)C1CS(=O)CCN1CCN[C@]12CCCC1[C@H]1CCC3C(C)(CCC4C(C)(C)C(C5=CCC(CF)CC5)=CCC43C)C1CC2. The van der Waals surface area contributed by atoms with Crippen molar-refractivity contribution in [1.82, 2.24) is 10.2 Å². The van der Waals surface area contributed by atoms with Crippen molar-refractivity contribution in [3.8, 4) is 0 Å². The van der Waals surface area contributed by atoms with Crippen molar-refractivity contribution < 1.29 is 18.1 Å². The zero-order valence-electron chi connectivity index (χ0n) is 30.8. The third-order valence-corrected chi connectivity index (χ3v) is 17.3. The summed E-state index contributed by atoms with van der Waals surface area (Å²) in [4.78, 5) is 15.0. The van der Waals surface area contributed by atoms with E-state index in [9.17, 15) is 13.4 Å². The Morgan fingerprint density at radius 1 is 1.00 bits per heavy atom. The Bertz CT molecular complexity index is 1310. The first-order valence-corrected chi connectivity index (χ1v) is 21.4. The second-order valence-corrected chi connectivity index (χ2v) is 19.9. The molecular formula is C41H65FN2O3S. The second-order valence-electron chi connectivity index (χ2n) is 18.3. The number of carbonyl (C=O) groups is 1. The van der Waals surface area contributed by atoms with Crippen LogP contribution in [0.3, 0.4) is 0 Å². The molecular weight excluding hydrogens is 620 g/mol. The molecule has 0 bridgehead atoms. The van der Waals surface area contributed by atoms with Crippen molar-refractivity contribution in [3.63, 3.8) is 0 Å². The summed E-state index contributed by atoms with van der Waals surface area (Å²) < 4.78 is 31.1. The van der Waals surface area contributed by atoms with Crippen molar-refractivity contribution in [2.75, 3.05) is 44.4 Å². The lowest BCUT2D eigenvalue weighted by Crippen LogP contribution is -2.64. The summed E-state index contributed by atoms with van der Waals surface area (Å²) in [5.74, 6) is 4.97. The lowest BCUT2D eigenvalue weighted by Gasteiger charge is -2.68. The van der Waals surface area contributed by atoms with E-state index in [1.54, 1.807) is 5.57 Å². The third kappa shape index (κ3) is 5.84.